The molecular weight excluding hydrogens is 244 g/mol. The van der Waals surface area contributed by atoms with Gasteiger partial charge in [0.2, 0.25) is 0 Å². The molecule has 2 aromatic carbocycles. The quantitative estimate of drug-likeness (QED) is 0.728. The monoisotopic (exact) mass is 270 g/mol. The van der Waals surface area contributed by atoms with E-state index in [0.29, 0.717) is 0 Å². The van der Waals surface area contributed by atoms with Crippen LogP contribution < -0.4 is 10.2 Å². The molecule has 0 atom stereocenters. The molecule has 2 aromatic rings. The van der Waals surface area contributed by atoms with Crippen LogP contribution in [0.25, 0.3) is 10.8 Å². The van der Waals surface area contributed by atoms with Gasteiger partial charge in [-0.3, -0.25) is 0 Å². The number of rotatable bonds is 8. The van der Waals surface area contributed by atoms with Gasteiger partial charge in [-0.05, 0) is 44.3 Å². The van der Waals surface area contributed by atoms with Crippen LogP contribution in [0.3, 0.4) is 0 Å². The minimum absolute atomic E-state index is 1.06. The van der Waals surface area contributed by atoms with Crippen LogP contribution in [-0.2, 0) is 0 Å². The molecule has 0 aromatic heterocycles. The van der Waals surface area contributed by atoms with Crippen LogP contribution in [0.1, 0.15) is 26.7 Å². The van der Waals surface area contributed by atoms with Crippen molar-refractivity contribution in [2.45, 2.75) is 26.7 Å². The maximum Gasteiger partial charge on any atom is 0.0445 e. The van der Waals surface area contributed by atoms with Gasteiger partial charge in [-0.2, -0.15) is 0 Å². The van der Waals surface area contributed by atoms with Crippen LogP contribution in [0, 0.1) is 0 Å². The van der Waals surface area contributed by atoms with Crippen molar-refractivity contribution in [3.63, 3.8) is 0 Å². The van der Waals surface area contributed by atoms with Gasteiger partial charge in [0.1, 0.15) is 0 Å². The predicted molar refractivity (Wildman–Crippen MR) is 89.6 cm³/mol. The molecule has 0 aliphatic heterocycles. The number of benzene rings is 2. The summed E-state index contributed by atoms with van der Waals surface area (Å²) in [6.45, 7) is 8.85. The fourth-order valence-electron chi connectivity index (χ4n) is 2.63. The molecule has 2 rings (SSSR count). The average Bonchev–Trinajstić information content (AvgIpc) is 2.51. The first-order valence-electron chi connectivity index (χ1n) is 7.80. The van der Waals surface area contributed by atoms with Gasteiger partial charge in [0.05, 0.1) is 0 Å². The third-order valence-electron chi connectivity index (χ3n) is 3.70. The number of nitrogens with zero attached hydrogens (tertiary/aromatic N) is 1. The molecule has 108 valence electrons. The predicted octanol–water partition coefficient (Wildman–Crippen LogP) is 4.06. The molecule has 0 heterocycles. The minimum atomic E-state index is 1.06. The van der Waals surface area contributed by atoms with E-state index in [0.717, 1.165) is 26.2 Å². The molecule has 0 aliphatic rings. The van der Waals surface area contributed by atoms with E-state index in [9.17, 15) is 0 Å². The second-order valence-corrected chi connectivity index (χ2v) is 5.18. The normalized spacial score (nSPS) is 10.9. The highest BCUT2D eigenvalue weighted by molar-refractivity contribution is 5.94. The minimum Gasteiger partial charge on any atom is -0.371 e. The molecule has 0 aliphatic carbocycles. The van der Waals surface area contributed by atoms with Crippen LogP contribution >= 0.6 is 0 Å². The zero-order valence-electron chi connectivity index (χ0n) is 12.7. The third kappa shape index (κ3) is 3.73. The van der Waals surface area contributed by atoms with Crippen molar-refractivity contribution in [1.82, 2.24) is 5.32 Å². The Kier molecular flexibility index (Phi) is 5.87. The molecule has 0 spiro atoms. The van der Waals surface area contributed by atoms with E-state index in [4.69, 9.17) is 0 Å². The van der Waals surface area contributed by atoms with Crippen molar-refractivity contribution < 1.29 is 0 Å². The van der Waals surface area contributed by atoms with Gasteiger partial charge >= 0.3 is 0 Å². The summed E-state index contributed by atoms with van der Waals surface area (Å²) in [6.07, 6.45) is 2.40. The van der Waals surface area contributed by atoms with E-state index in [-0.39, 0.29) is 0 Å². The van der Waals surface area contributed by atoms with Gasteiger partial charge in [0.25, 0.3) is 0 Å². The molecule has 0 radical (unpaired) electrons. The Morgan fingerprint density at radius 2 is 1.75 bits per heavy atom. The standard InChI is InChI=1S/C18H26N2/c1-3-13-19-14-8-15-20(4-2)18-12-7-10-16-9-5-6-11-17(16)18/h5-7,9-12,19H,3-4,8,13-15H2,1-2H3. The molecular formula is C18H26N2. The number of hydrogen-bond acceptors (Lipinski definition) is 2. The van der Waals surface area contributed by atoms with Crippen molar-refractivity contribution >= 4 is 16.5 Å². The van der Waals surface area contributed by atoms with Crippen molar-refractivity contribution in [3.8, 4) is 0 Å². The Labute approximate surface area is 122 Å². The lowest BCUT2D eigenvalue weighted by Crippen LogP contribution is -2.27. The fraction of sp³-hybridized carbons (Fsp3) is 0.444. The largest absolute Gasteiger partial charge is 0.371 e. The van der Waals surface area contributed by atoms with E-state index >= 15 is 0 Å². The summed E-state index contributed by atoms with van der Waals surface area (Å²) in [5.41, 5.74) is 1.36. The Balaban J connectivity index is 2.05. The lowest BCUT2D eigenvalue weighted by molar-refractivity contribution is 0.630. The van der Waals surface area contributed by atoms with E-state index < -0.39 is 0 Å². The molecule has 2 heteroatoms. The lowest BCUT2D eigenvalue weighted by Gasteiger charge is -2.25. The summed E-state index contributed by atoms with van der Waals surface area (Å²) in [6, 6.07) is 15.2. The highest BCUT2D eigenvalue weighted by atomic mass is 15.1. The Hall–Kier alpha value is -1.54. The van der Waals surface area contributed by atoms with Crippen LogP contribution in [-0.4, -0.2) is 26.2 Å². The Morgan fingerprint density at radius 3 is 2.55 bits per heavy atom. The lowest BCUT2D eigenvalue weighted by atomic mass is 10.1. The fourth-order valence-corrected chi connectivity index (χ4v) is 2.63. The van der Waals surface area contributed by atoms with Crippen LogP contribution in [0.4, 0.5) is 5.69 Å². The molecule has 0 bridgehead atoms. The van der Waals surface area contributed by atoms with Gasteiger partial charge in [-0.15, -0.1) is 0 Å². The van der Waals surface area contributed by atoms with E-state index in [1.807, 2.05) is 0 Å². The number of fused-ring (bicyclic) bond motifs is 1. The first kappa shape index (κ1) is 14.9. The zero-order chi connectivity index (χ0) is 14.2. The summed E-state index contributed by atoms with van der Waals surface area (Å²) in [5, 5.41) is 6.16. The first-order chi connectivity index (χ1) is 9.86. The van der Waals surface area contributed by atoms with Gasteiger partial charge in [-0.1, -0.05) is 43.3 Å². The molecule has 20 heavy (non-hydrogen) atoms. The van der Waals surface area contributed by atoms with Crippen LogP contribution in [0.5, 0.6) is 0 Å². The van der Waals surface area contributed by atoms with Gasteiger partial charge < -0.3 is 10.2 Å². The van der Waals surface area contributed by atoms with Gasteiger partial charge in [0, 0.05) is 24.2 Å². The van der Waals surface area contributed by atoms with Crippen molar-refractivity contribution in [2.75, 3.05) is 31.1 Å². The molecule has 2 nitrogen and oxygen atoms in total. The Morgan fingerprint density at radius 1 is 0.950 bits per heavy atom. The van der Waals surface area contributed by atoms with E-state index in [2.05, 4.69) is 66.5 Å². The van der Waals surface area contributed by atoms with Crippen molar-refractivity contribution in [3.05, 3.63) is 42.5 Å². The molecule has 0 saturated heterocycles. The van der Waals surface area contributed by atoms with Gasteiger partial charge in [0.15, 0.2) is 0 Å². The summed E-state index contributed by atoms with van der Waals surface area (Å²) in [7, 11) is 0. The van der Waals surface area contributed by atoms with E-state index in [1.54, 1.807) is 0 Å². The van der Waals surface area contributed by atoms with Crippen molar-refractivity contribution in [2.24, 2.45) is 0 Å². The number of nitrogens with one attached hydrogen (secondary N) is 1. The summed E-state index contributed by atoms with van der Waals surface area (Å²) in [4.78, 5) is 2.48. The zero-order valence-corrected chi connectivity index (χ0v) is 12.7. The first-order valence-corrected chi connectivity index (χ1v) is 7.80. The second kappa shape index (κ2) is 7.91. The summed E-state index contributed by atoms with van der Waals surface area (Å²) in [5.74, 6) is 0. The van der Waals surface area contributed by atoms with Crippen LogP contribution in [0.2, 0.25) is 0 Å². The second-order valence-electron chi connectivity index (χ2n) is 5.18. The number of hydrogen-bond donors (Lipinski definition) is 1. The third-order valence-corrected chi connectivity index (χ3v) is 3.70. The molecule has 0 amide bonds. The van der Waals surface area contributed by atoms with E-state index in [1.165, 1.54) is 29.3 Å². The van der Waals surface area contributed by atoms with Crippen molar-refractivity contribution in [1.29, 1.82) is 0 Å². The summed E-state index contributed by atoms with van der Waals surface area (Å²) >= 11 is 0. The molecule has 0 unspecified atom stereocenters. The molecule has 0 fully saturated rings. The average molecular weight is 270 g/mol. The SMILES string of the molecule is CCCNCCCN(CC)c1cccc2ccccc12. The molecule has 0 saturated carbocycles. The summed E-state index contributed by atoms with van der Waals surface area (Å²) < 4.78 is 0. The smallest absolute Gasteiger partial charge is 0.0445 e. The maximum atomic E-state index is 3.48. The molecule has 1 N–H and O–H groups in total. The van der Waals surface area contributed by atoms with Crippen LogP contribution in [0.15, 0.2) is 42.5 Å². The Bertz CT molecular complexity index is 516. The topological polar surface area (TPSA) is 15.3 Å². The van der Waals surface area contributed by atoms with Gasteiger partial charge in [-0.25, -0.2) is 0 Å². The highest BCUT2D eigenvalue weighted by Gasteiger charge is 2.07. The maximum absolute atomic E-state index is 3.48. The highest BCUT2D eigenvalue weighted by Crippen LogP contribution is 2.26. The number of anilines is 1.